The molecule has 2 aromatic rings. The Kier molecular flexibility index (Phi) is 8.27. The van der Waals surface area contributed by atoms with Crippen molar-refractivity contribution < 1.29 is 22.0 Å². The first-order valence-corrected chi connectivity index (χ1v) is 10.7. The average molecular weight is 452 g/mol. The molecular formula is C22H27F2N3O3S. The van der Waals surface area contributed by atoms with E-state index in [1.54, 1.807) is 36.2 Å². The van der Waals surface area contributed by atoms with Gasteiger partial charge in [-0.3, -0.25) is 0 Å². The third kappa shape index (κ3) is 5.46. The van der Waals surface area contributed by atoms with E-state index in [0.29, 0.717) is 30.6 Å². The SMILES string of the molecule is C.CCN(C)C(=O)N1CC[C@H](N=S(=O)=O)[C@@H]1Cc1cccc(-c2cccc(F)c2)c1F. The van der Waals surface area contributed by atoms with Gasteiger partial charge < -0.3 is 9.80 Å². The van der Waals surface area contributed by atoms with Crippen molar-refractivity contribution in [3.63, 3.8) is 0 Å². The Morgan fingerprint density at radius 2 is 1.94 bits per heavy atom. The molecule has 1 heterocycles. The van der Waals surface area contributed by atoms with Crippen LogP contribution in [0.4, 0.5) is 13.6 Å². The van der Waals surface area contributed by atoms with Crippen LogP contribution < -0.4 is 0 Å². The summed E-state index contributed by atoms with van der Waals surface area (Å²) in [5.41, 5.74) is 0.966. The fourth-order valence-corrected chi connectivity index (χ4v) is 4.22. The highest BCUT2D eigenvalue weighted by molar-refractivity contribution is 7.61. The van der Waals surface area contributed by atoms with E-state index in [4.69, 9.17) is 0 Å². The lowest BCUT2D eigenvalue weighted by Crippen LogP contribution is -2.46. The molecule has 1 fully saturated rings. The molecule has 2 aromatic carbocycles. The number of halogens is 2. The van der Waals surface area contributed by atoms with E-state index in [1.165, 1.54) is 23.1 Å². The highest BCUT2D eigenvalue weighted by Crippen LogP contribution is 2.30. The molecule has 0 spiro atoms. The summed E-state index contributed by atoms with van der Waals surface area (Å²) in [4.78, 5) is 15.8. The van der Waals surface area contributed by atoms with Crippen molar-refractivity contribution in [1.29, 1.82) is 0 Å². The van der Waals surface area contributed by atoms with Crippen molar-refractivity contribution in [2.24, 2.45) is 4.36 Å². The molecule has 1 saturated heterocycles. The lowest BCUT2D eigenvalue weighted by Gasteiger charge is -2.30. The molecule has 2 atom stereocenters. The predicted molar refractivity (Wildman–Crippen MR) is 116 cm³/mol. The number of benzene rings is 2. The number of carbonyl (C=O) groups excluding carboxylic acids is 1. The Bertz CT molecular complexity index is 1070. The molecule has 168 valence electrons. The molecule has 0 unspecified atom stereocenters. The molecule has 0 bridgehead atoms. The molecule has 6 nitrogen and oxygen atoms in total. The molecule has 0 aliphatic carbocycles. The Labute approximate surface area is 183 Å². The van der Waals surface area contributed by atoms with Crippen LogP contribution in [0.25, 0.3) is 11.1 Å². The molecule has 3 rings (SSSR count). The van der Waals surface area contributed by atoms with Gasteiger partial charge in [0, 0.05) is 25.7 Å². The predicted octanol–water partition coefficient (Wildman–Crippen LogP) is 4.39. The summed E-state index contributed by atoms with van der Waals surface area (Å²) in [5.74, 6) is -0.988. The Morgan fingerprint density at radius 3 is 2.58 bits per heavy atom. The summed E-state index contributed by atoms with van der Waals surface area (Å²) in [5, 5.41) is 0. The van der Waals surface area contributed by atoms with Crippen molar-refractivity contribution in [2.75, 3.05) is 20.1 Å². The molecular weight excluding hydrogens is 424 g/mol. The van der Waals surface area contributed by atoms with Gasteiger partial charge in [0.2, 0.25) is 0 Å². The largest absolute Gasteiger partial charge is 0.328 e. The quantitative estimate of drug-likeness (QED) is 0.677. The number of rotatable bonds is 5. The van der Waals surface area contributed by atoms with Crippen molar-refractivity contribution in [1.82, 2.24) is 9.80 Å². The van der Waals surface area contributed by atoms with E-state index in [0.717, 1.165) is 0 Å². The van der Waals surface area contributed by atoms with Gasteiger partial charge in [-0.05, 0) is 43.0 Å². The standard InChI is InChI=1S/C21H23F2N3O3S.CH4/c1-3-25(2)21(27)26-11-10-18(24-30(28)29)19(26)13-15-7-5-9-17(20(15)23)14-6-4-8-16(22)12-14;/h4-9,12,18-19H,3,10-11,13H2,1-2H3;1H4/t18-,19-;/m0./s1. The first kappa shape index (κ1) is 24.5. The van der Waals surface area contributed by atoms with E-state index in [9.17, 15) is 17.6 Å². The maximum absolute atomic E-state index is 15.3. The van der Waals surface area contributed by atoms with Crippen molar-refractivity contribution in [3.8, 4) is 11.1 Å². The number of urea groups is 1. The van der Waals surface area contributed by atoms with Crippen LogP contribution in [0.1, 0.15) is 26.3 Å². The maximum atomic E-state index is 15.3. The van der Waals surface area contributed by atoms with Gasteiger partial charge >= 0.3 is 16.5 Å². The lowest BCUT2D eigenvalue weighted by atomic mass is 9.96. The third-order valence-electron chi connectivity index (χ3n) is 5.42. The molecule has 0 radical (unpaired) electrons. The zero-order chi connectivity index (χ0) is 21.8. The number of likely N-dealkylation sites (tertiary alicyclic amines) is 1. The minimum absolute atomic E-state index is 0. The van der Waals surface area contributed by atoms with Crippen molar-refractivity contribution in [3.05, 3.63) is 59.7 Å². The van der Waals surface area contributed by atoms with Gasteiger partial charge in [-0.15, -0.1) is 0 Å². The molecule has 0 aromatic heterocycles. The van der Waals surface area contributed by atoms with Gasteiger partial charge in [-0.2, -0.15) is 12.8 Å². The van der Waals surface area contributed by atoms with Gasteiger partial charge in [-0.1, -0.05) is 37.8 Å². The van der Waals surface area contributed by atoms with Gasteiger partial charge in [0.05, 0.1) is 12.1 Å². The summed E-state index contributed by atoms with van der Waals surface area (Å²) >= 11 is 0. The monoisotopic (exact) mass is 451 g/mol. The van der Waals surface area contributed by atoms with Crippen molar-refractivity contribution in [2.45, 2.75) is 39.3 Å². The fourth-order valence-electron chi connectivity index (χ4n) is 3.75. The first-order valence-electron chi connectivity index (χ1n) is 9.67. The molecule has 1 aliphatic rings. The average Bonchev–Trinajstić information content (AvgIpc) is 3.09. The normalized spacial score (nSPS) is 17.7. The van der Waals surface area contributed by atoms with E-state index in [-0.39, 0.29) is 25.4 Å². The zero-order valence-corrected chi connectivity index (χ0v) is 17.6. The molecule has 1 aliphatic heterocycles. The Hall–Kier alpha value is -2.81. The number of hydrogen-bond acceptors (Lipinski definition) is 4. The number of hydrogen-bond donors (Lipinski definition) is 0. The second-order valence-electron chi connectivity index (χ2n) is 7.23. The van der Waals surface area contributed by atoms with Gasteiger partial charge in [0.25, 0.3) is 0 Å². The highest BCUT2D eigenvalue weighted by atomic mass is 32.2. The van der Waals surface area contributed by atoms with Crippen LogP contribution in [0.5, 0.6) is 0 Å². The van der Waals surface area contributed by atoms with Crippen LogP contribution >= 0.6 is 0 Å². The second kappa shape index (κ2) is 10.5. The molecule has 2 amide bonds. The second-order valence-corrected chi connectivity index (χ2v) is 7.87. The van der Waals surface area contributed by atoms with E-state index < -0.39 is 34.2 Å². The lowest BCUT2D eigenvalue weighted by molar-refractivity contribution is 0.157. The van der Waals surface area contributed by atoms with Crippen LogP contribution in [-0.2, 0) is 16.9 Å². The topological polar surface area (TPSA) is 70.1 Å². The summed E-state index contributed by atoms with van der Waals surface area (Å²) in [6, 6.07) is 8.98. The van der Waals surface area contributed by atoms with E-state index in [2.05, 4.69) is 4.36 Å². The van der Waals surface area contributed by atoms with Gasteiger partial charge in [0.15, 0.2) is 0 Å². The summed E-state index contributed by atoms with van der Waals surface area (Å²) in [7, 11) is -0.975. The maximum Gasteiger partial charge on any atom is 0.320 e. The fraction of sp³-hybridized carbons (Fsp3) is 0.409. The Morgan fingerprint density at radius 1 is 1.23 bits per heavy atom. The molecule has 31 heavy (non-hydrogen) atoms. The van der Waals surface area contributed by atoms with E-state index in [1.807, 2.05) is 6.92 Å². The summed E-state index contributed by atoms with van der Waals surface area (Å²) in [6.45, 7) is 2.66. The number of carbonyl (C=O) groups is 1. The van der Waals surface area contributed by atoms with Gasteiger partial charge in [0.1, 0.15) is 11.6 Å². The van der Waals surface area contributed by atoms with Crippen LogP contribution in [0.15, 0.2) is 46.8 Å². The zero-order valence-electron chi connectivity index (χ0n) is 16.8. The van der Waals surface area contributed by atoms with Crippen LogP contribution in [0, 0.1) is 11.6 Å². The molecule has 0 saturated carbocycles. The molecule has 0 N–H and O–H groups in total. The first-order chi connectivity index (χ1) is 14.3. The third-order valence-corrected chi connectivity index (χ3v) is 5.86. The minimum atomic E-state index is -2.63. The Balaban J connectivity index is 0.00000341. The van der Waals surface area contributed by atoms with Gasteiger partial charge in [-0.25, -0.2) is 13.6 Å². The summed E-state index contributed by atoms with van der Waals surface area (Å²) < 4.78 is 55.0. The number of amides is 2. The minimum Gasteiger partial charge on any atom is -0.328 e. The van der Waals surface area contributed by atoms with Crippen molar-refractivity contribution >= 4 is 16.5 Å². The molecule has 9 heteroatoms. The van der Waals surface area contributed by atoms with E-state index >= 15 is 4.39 Å². The number of nitrogens with zero attached hydrogens (tertiary/aromatic N) is 3. The smallest absolute Gasteiger partial charge is 0.320 e. The van der Waals surface area contributed by atoms with Crippen LogP contribution in [0.3, 0.4) is 0 Å². The van der Waals surface area contributed by atoms with Crippen LogP contribution in [-0.4, -0.2) is 56.5 Å². The van der Waals surface area contributed by atoms with Crippen LogP contribution in [0.2, 0.25) is 0 Å². The highest BCUT2D eigenvalue weighted by Gasteiger charge is 2.39. The summed E-state index contributed by atoms with van der Waals surface area (Å²) in [6.07, 6.45) is 0.483.